The Morgan fingerprint density at radius 3 is 2.19 bits per heavy atom. The van der Waals surface area contributed by atoms with Crippen LogP contribution < -0.4 is 9.80 Å². The summed E-state index contributed by atoms with van der Waals surface area (Å²) in [6.45, 7) is 0.114. The van der Waals surface area contributed by atoms with E-state index in [4.69, 9.17) is 0 Å². The summed E-state index contributed by atoms with van der Waals surface area (Å²) in [6, 6.07) is 12.4. The lowest BCUT2D eigenvalue weighted by Crippen LogP contribution is -2.62. The number of nitrogens with zero attached hydrogens (tertiary/aromatic N) is 3. The molecule has 1 N–H and O–H groups in total. The molecule has 2 atom stereocenters. The van der Waals surface area contributed by atoms with Crippen molar-refractivity contribution in [2.45, 2.75) is 42.1 Å². The van der Waals surface area contributed by atoms with Crippen LogP contribution in [0.4, 0.5) is 29.3 Å². The SMILES string of the molecule is O=C(O)N1CCCCC1N1c2ccccc2N(C(F)(F)F)C1S(=O)(=O)c1ccccc1. The highest BCUT2D eigenvalue weighted by molar-refractivity contribution is 7.92. The second-order valence-electron chi connectivity index (χ2n) is 7.37. The number of anilines is 2. The molecule has 0 aliphatic carbocycles. The molecule has 0 bridgehead atoms. The van der Waals surface area contributed by atoms with Crippen LogP contribution in [0.1, 0.15) is 19.3 Å². The van der Waals surface area contributed by atoms with Gasteiger partial charge in [0, 0.05) is 6.54 Å². The minimum atomic E-state index is -5.01. The van der Waals surface area contributed by atoms with Gasteiger partial charge >= 0.3 is 12.4 Å². The number of alkyl halides is 3. The van der Waals surface area contributed by atoms with Gasteiger partial charge in [-0.3, -0.25) is 4.90 Å². The van der Waals surface area contributed by atoms with Gasteiger partial charge in [-0.1, -0.05) is 30.3 Å². The fourth-order valence-electron chi connectivity index (χ4n) is 4.26. The van der Waals surface area contributed by atoms with Crippen molar-refractivity contribution in [2.24, 2.45) is 0 Å². The number of carbonyl (C=O) groups is 1. The van der Waals surface area contributed by atoms with Crippen LogP contribution in [0.5, 0.6) is 0 Å². The lowest BCUT2D eigenvalue weighted by atomic mass is 10.1. The van der Waals surface area contributed by atoms with Crippen molar-refractivity contribution in [3.63, 3.8) is 0 Å². The highest BCUT2D eigenvalue weighted by Gasteiger charge is 2.57. The van der Waals surface area contributed by atoms with E-state index in [0.29, 0.717) is 12.8 Å². The van der Waals surface area contributed by atoms with Crippen LogP contribution >= 0.6 is 0 Å². The summed E-state index contributed by atoms with van der Waals surface area (Å²) < 4.78 is 69.8. The molecule has 4 rings (SSSR count). The van der Waals surface area contributed by atoms with E-state index >= 15 is 0 Å². The van der Waals surface area contributed by atoms with Crippen LogP contribution in [0.3, 0.4) is 0 Å². The van der Waals surface area contributed by atoms with E-state index in [2.05, 4.69) is 0 Å². The molecule has 0 radical (unpaired) electrons. The molecule has 31 heavy (non-hydrogen) atoms. The molecule has 7 nitrogen and oxygen atoms in total. The Kier molecular flexibility index (Phi) is 5.24. The van der Waals surface area contributed by atoms with Crippen molar-refractivity contribution in [1.82, 2.24) is 4.90 Å². The quantitative estimate of drug-likeness (QED) is 0.703. The monoisotopic (exact) mass is 455 g/mol. The number of halogens is 3. The normalized spacial score (nSPS) is 21.8. The molecule has 166 valence electrons. The van der Waals surface area contributed by atoms with Gasteiger partial charge in [0.1, 0.15) is 6.17 Å². The lowest BCUT2D eigenvalue weighted by Gasteiger charge is -2.43. The minimum Gasteiger partial charge on any atom is -0.465 e. The Labute approximate surface area is 177 Å². The Bertz CT molecular complexity index is 1080. The summed E-state index contributed by atoms with van der Waals surface area (Å²) in [5.41, 5.74) is -2.46. The molecular weight excluding hydrogens is 435 g/mol. The number of piperidine rings is 1. The van der Waals surface area contributed by atoms with E-state index in [9.17, 15) is 31.5 Å². The van der Waals surface area contributed by atoms with Gasteiger partial charge in [-0.25, -0.2) is 18.1 Å². The van der Waals surface area contributed by atoms with Crippen LogP contribution in [0.25, 0.3) is 0 Å². The van der Waals surface area contributed by atoms with Crippen LogP contribution in [-0.2, 0) is 9.84 Å². The number of benzene rings is 2. The molecule has 2 heterocycles. The fraction of sp³-hybridized carbons (Fsp3) is 0.350. The van der Waals surface area contributed by atoms with Crippen LogP contribution in [0.2, 0.25) is 0 Å². The van der Waals surface area contributed by atoms with Crippen LogP contribution in [0.15, 0.2) is 59.5 Å². The standard InChI is InChI=1S/C20H20F3N3O4S/c21-20(22,23)26-16-11-5-4-10-15(16)25(17-12-6-7-13-24(17)19(27)28)18(26)31(29,30)14-8-2-1-3-9-14/h1-5,8-11,17-18H,6-7,12-13H2,(H,27,28). The maximum atomic E-state index is 14.2. The summed E-state index contributed by atoms with van der Waals surface area (Å²) >= 11 is 0. The number of fused-ring (bicyclic) bond motifs is 1. The summed E-state index contributed by atoms with van der Waals surface area (Å²) in [5, 5.41) is 9.66. The average molecular weight is 455 g/mol. The number of hydrogen-bond donors (Lipinski definition) is 1. The Balaban J connectivity index is 1.95. The van der Waals surface area contributed by atoms with Gasteiger partial charge in [-0.2, -0.15) is 0 Å². The third kappa shape index (κ3) is 3.56. The first-order valence-corrected chi connectivity index (χ1v) is 11.2. The topological polar surface area (TPSA) is 81.2 Å². The first-order chi connectivity index (χ1) is 14.6. The van der Waals surface area contributed by atoms with E-state index < -0.39 is 33.9 Å². The first kappa shape index (κ1) is 21.3. The number of amides is 1. The predicted octanol–water partition coefficient (Wildman–Crippen LogP) is 4.08. The van der Waals surface area contributed by atoms with Crippen molar-refractivity contribution >= 4 is 27.3 Å². The van der Waals surface area contributed by atoms with Gasteiger partial charge in [-0.05, 0) is 43.5 Å². The van der Waals surface area contributed by atoms with Gasteiger partial charge in [0.2, 0.25) is 15.3 Å². The maximum absolute atomic E-state index is 14.2. The van der Waals surface area contributed by atoms with Crippen molar-refractivity contribution in [3.05, 3.63) is 54.6 Å². The van der Waals surface area contributed by atoms with Gasteiger partial charge in [0.05, 0.1) is 16.3 Å². The zero-order valence-electron chi connectivity index (χ0n) is 16.2. The maximum Gasteiger partial charge on any atom is 0.487 e. The van der Waals surface area contributed by atoms with Crippen molar-refractivity contribution < 1.29 is 31.5 Å². The van der Waals surface area contributed by atoms with E-state index in [1.54, 1.807) is 6.07 Å². The molecule has 2 aromatic carbocycles. The summed E-state index contributed by atoms with van der Waals surface area (Å²) in [7, 11) is -4.57. The Morgan fingerprint density at radius 1 is 0.968 bits per heavy atom. The minimum absolute atomic E-state index is 0.0301. The molecule has 2 aromatic rings. The van der Waals surface area contributed by atoms with E-state index in [-0.39, 0.29) is 34.1 Å². The number of para-hydroxylation sites is 2. The van der Waals surface area contributed by atoms with Gasteiger partial charge in [0.25, 0.3) is 0 Å². The fourth-order valence-corrected chi connectivity index (χ4v) is 6.11. The zero-order chi connectivity index (χ0) is 22.4. The van der Waals surface area contributed by atoms with Crippen molar-refractivity contribution in [2.75, 3.05) is 16.3 Å². The predicted molar refractivity (Wildman–Crippen MR) is 107 cm³/mol. The number of likely N-dealkylation sites (tertiary alicyclic amines) is 1. The third-order valence-corrected chi connectivity index (χ3v) is 7.46. The number of hydrogen-bond acceptors (Lipinski definition) is 5. The molecule has 1 fully saturated rings. The van der Waals surface area contributed by atoms with Gasteiger partial charge in [0.15, 0.2) is 0 Å². The largest absolute Gasteiger partial charge is 0.487 e. The molecule has 11 heteroatoms. The van der Waals surface area contributed by atoms with Gasteiger partial charge in [-0.15, -0.1) is 13.2 Å². The number of rotatable bonds is 3. The molecular formula is C20H20F3N3O4S. The first-order valence-electron chi connectivity index (χ1n) is 9.66. The van der Waals surface area contributed by atoms with E-state index in [1.807, 2.05) is 0 Å². The third-order valence-electron chi connectivity index (χ3n) is 5.54. The van der Waals surface area contributed by atoms with Gasteiger partial charge < -0.3 is 10.0 Å². The van der Waals surface area contributed by atoms with Crippen LogP contribution in [-0.4, -0.2) is 49.0 Å². The molecule has 2 unspecified atom stereocenters. The van der Waals surface area contributed by atoms with Crippen molar-refractivity contribution in [3.8, 4) is 0 Å². The number of sulfone groups is 1. The smallest absolute Gasteiger partial charge is 0.465 e. The lowest BCUT2D eigenvalue weighted by molar-refractivity contribution is -0.130. The Hall–Kier alpha value is -2.95. The zero-order valence-corrected chi connectivity index (χ0v) is 17.1. The number of carboxylic acid groups (broad SMARTS) is 1. The molecule has 0 saturated carbocycles. The van der Waals surface area contributed by atoms with Crippen LogP contribution in [0, 0.1) is 0 Å². The second-order valence-corrected chi connectivity index (χ2v) is 9.35. The second kappa shape index (κ2) is 7.63. The van der Waals surface area contributed by atoms with E-state index in [0.717, 1.165) is 9.80 Å². The summed E-state index contributed by atoms with van der Waals surface area (Å²) in [5.74, 6) is 0. The molecule has 1 amide bonds. The van der Waals surface area contributed by atoms with E-state index in [1.165, 1.54) is 48.5 Å². The highest BCUT2D eigenvalue weighted by Crippen LogP contribution is 2.49. The molecule has 2 aliphatic heterocycles. The summed E-state index contributed by atoms with van der Waals surface area (Å²) in [6.07, 6.45) is -6.03. The molecule has 0 spiro atoms. The highest BCUT2D eigenvalue weighted by atomic mass is 32.2. The van der Waals surface area contributed by atoms with Crippen molar-refractivity contribution in [1.29, 1.82) is 0 Å². The molecule has 2 aliphatic rings. The summed E-state index contributed by atoms with van der Waals surface area (Å²) in [4.78, 5) is 13.6. The average Bonchev–Trinajstić information content (AvgIpc) is 3.11. The molecule has 0 aromatic heterocycles. The Morgan fingerprint density at radius 2 is 1.58 bits per heavy atom. The molecule has 1 saturated heterocycles.